The highest BCUT2D eigenvalue weighted by Gasteiger charge is 2.14. The van der Waals surface area contributed by atoms with Crippen molar-refractivity contribution in [2.45, 2.75) is 32.9 Å². The van der Waals surface area contributed by atoms with Crippen molar-refractivity contribution < 1.29 is 5.11 Å². The second-order valence-corrected chi connectivity index (χ2v) is 8.89. The second-order valence-electron chi connectivity index (χ2n) is 8.46. The predicted octanol–water partition coefficient (Wildman–Crippen LogP) is 4.22. The summed E-state index contributed by atoms with van der Waals surface area (Å²) in [5, 5.41) is 25.8. The van der Waals surface area contributed by atoms with Gasteiger partial charge in [-0.05, 0) is 45.0 Å². The third kappa shape index (κ3) is 6.30. The first-order chi connectivity index (χ1) is 15.7. The van der Waals surface area contributed by atoms with Crippen molar-refractivity contribution in [1.29, 1.82) is 0 Å². The molecule has 0 saturated carbocycles. The Balaban J connectivity index is 1.35. The highest BCUT2D eigenvalue weighted by molar-refractivity contribution is 6.31. The number of aryl methyl sites for hydroxylation is 1. The van der Waals surface area contributed by atoms with E-state index in [1.54, 1.807) is 30.9 Å². The quantitative estimate of drug-likeness (QED) is 0.271. The molecule has 0 radical (unpaired) electrons. The van der Waals surface area contributed by atoms with Gasteiger partial charge in [-0.3, -0.25) is 9.67 Å². The Morgan fingerprint density at radius 1 is 1.09 bits per heavy atom. The Morgan fingerprint density at radius 3 is 2.73 bits per heavy atom. The molecule has 0 unspecified atom stereocenters. The van der Waals surface area contributed by atoms with Gasteiger partial charge in [0.15, 0.2) is 0 Å². The Morgan fingerprint density at radius 2 is 1.91 bits per heavy atom. The van der Waals surface area contributed by atoms with Crippen LogP contribution in [0.15, 0.2) is 48.9 Å². The van der Waals surface area contributed by atoms with Gasteiger partial charge in [0.2, 0.25) is 5.95 Å². The summed E-state index contributed by atoms with van der Waals surface area (Å²) in [5.41, 5.74) is 2.60. The summed E-state index contributed by atoms with van der Waals surface area (Å²) in [7, 11) is 0. The molecule has 1 aromatic carbocycles. The molecule has 0 aliphatic heterocycles. The molecule has 0 spiro atoms. The van der Waals surface area contributed by atoms with Crippen LogP contribution in [-0.4, -0.2) is 48.5 Å². The van der Waals surface area contributed by atoms with Crippen molar-refractivity contribution in [3.05, 3.63) is 59.6 Å². The molecule has 0 aliphatic rings. The van der Waals surface area contributed by atoms with Gasteiger partial charge < -0.3 is 21.1 Å². The van der Waals surface area contributed by atoms with Gasteiger partial charge in [-0.15, -0.1) is 0 Å². The van der Waals surface area contributed by atoms with Crippen LogP contribution in [0.2, 0.25) is 5.02 Å². The van der Waals surface area contributed by atoms with Gasteiger partial charge in [0.05, 0.1) is 29.5 Å². The van der Waals surface area contributed by atoms with E-state index in [9.17, 15) is 5.11 Å². The van der Waals surface area contributed by atoms with Crippen LogP contribution in [0.3, 0.4) is 0 Å². The van der Waals surface area contributed by atoms with E-state index in [2.05, 4.69) is 36.0 Å². The number of hydrogen-bond acceptors (Lipinski definition) is 8. The van der Waals surface area contributed by atoms with E-state index >= 15 is 0 Å². The second kappa shape index (κ2) is 9.60. The maximum absolute atomic E-state index is 9.95. The maximum Gasteiger partial charge on any atom is 0.229 e. The molecule has 0 amide bonds. The standard InChI is InChI=1S/C23H27ClN8O/c1-15-10-21(31-22(29-15)30-17-12-28-32(13-17)14-23(2,3)33)27-9-8-26-19-6-7-25-20-11-16(24)4-5-18(19)20/h4-7,10-13,33H,8-9,14H2,1-3H3,(H,25,26)(H2,27,29,30,31). The monoisotopic (exact) mass is 466 g/mol. The zero-order valence-corrected chi connectivity index (χ0v) is 19.6. The van der Waals surface area contributed by atoms with E-state index in [1.807, 2.05) is 43.5 Å². The number of halogens is 1. The summed E-state index contributed by atoms with van der Waals surface area (Å²) in [4.78, 5) is 13.4. The number of rotatable bonds is 9. The lowest BCUT2D eigenvalue weighted by atomic mass is 10.1. The van der Waals surface area contributed by atoms with Gasteiger partial charge in [0.25, 0.3) is 0 Å². The third-order valence-corrected chi connectivity index (χ3v) is 4.98. The topological polar surface area (TPSA) is 113 Å². The largest absolute Gasteiger partial charge is 0.389 e. The number of nitrogens with zero attached hydrogens (tertiary/aromatic N) is 5. The fourth-order valence-electron chi connectivity index (χ4n) is 3.42. The minimum Gasteiger partial charge on any atom is -0.389 e. The van der Waals surface area contributed by atoms with Gasteiger partial charge in [0.1, 0.15) is 5.82 Å². The highest BCUT2D eigenvalue weighted by atomic mass is 35.5. The molecule has 4 rings (SSSR count). The fraction of sp³-hybridized carbons (Fsp3) is 0.304. The minimum absolute atomic E-state index is 0.392. The summed E-state index contributed by atoms with van der Waals surface area (Å²) in [5.74, 6) is 1.20. The number of benzene rings is 1. The van der Waals surface area contributed by atoms with Crippen LogP contribution in [-0.2, 0) is 6.54 Å². The van der Waals surface area contributed by atoms with Gasteiger partial charge in [-0.2, -0.15) is 10.1 Å². The van der Waals surface area contributed by atoms with Crippen LogP contribution in [0, 0.1) is 6.92 Å². The molecular weight excluding hydrogens is 440 g/mol. The number of anilines is 4. The smallest absolute Gasteiger partial charge is 0.229 e. The van der Waals surface area contributed by atoms with E-state index < -0.39 is 5.60 Å². The van der Waals surface area contributed by atoms with Crippen molar-refractivity contribution in [2.75, 3.05) is 29.0 Å². The van der Waals surface area contributed by atoms with Crippen molar-refractivity contribution in [3.8, 4) is 0 Å². The summed E-state index contributed by atoms with van der Waals surface area (Å²) in [6.07, 6.45) is 5.26. The minimum atomic E-state index is -0.843. The molecule has 3 aromatic heterocycles. The van der Waals surface area contributed by atoms with E-state index in [-0.39, 0.29) is 0 Å². The molecule has 0 fully saturated rings. The van der Waals surface area contributed by atoms with Crippen molar-refractivity contribution >= 4 is 45.6 Å². The summed E-state index contributed by atoms with van der Waals surface area (Å²) in [6, 6.07) is 9.53. The first-order valence-corrected chi connectivity index (χ1v) is 11.0. The number of fused-ring (bicyclic) bond motifs is 1. The Kier molecular flexibility index (Phi) is 6.62. The molecular formula is C23H27ClN8O. The zero-order valence-electron chi connectivity index (χ0n) is 18.8. The molecule has 0 saturated heterocycles. The lowest BCUT2D eigenvalue weighted by Crippen LogP contribution is -2.26. The molecule has 4 aromatic rings. The lowest BCUT2D eigenvalue weighted by Gasteiger charge is -2.16. The van der Waals surface area contributed by atoms with E-state index in [0.717, 1.165) is 33.8 Å². The SMILES string of the molecule is Cc1cc(NCCNc2ccnc3cc(Cl)ccc23)nc(Nc2cnn(CC(C)(C)O)c2)n1. The van der Waals surface area contributed by atoms with E-state index in [4.69, 9.17) is 11.6 Å². The predicted molar refractivity (Wildman–Crippen MR) is 132 cm³/mol. The van der Waals surface area contributed by atoms with E-state index in [1.165, 1.54) is 0 Å². The molecule has 4 N–H and O–H groups in total. The number of aliphatic hydroxyl groups is 1. The molecule has 10 heteroatoms. The Bertz CT molecular complexity index is 1250. The number of aromatic nitrogens is 5. The summed E-state index contributed by atoms with van der Waals surface area (Å²) >= 11 is 6.07. The third-order valence-electron chi connectivity index (χ3n) is 4.74. The van der Waals surface area contributed by atoms with Crippen molar-refractivity contribution in [2.24, 2.45) is 0 Å². The van der Waals surface area contributed by atoms with Crippen molar-refractivity contribution in [3.63, 3.8) is 0 Å². The summed E-state index contributed by atoms with van der Waals surface area (Å²) in [6.45, 7) is 7.15. The lowest BCUT2D eigenvalue weighted by molar-refractivity contribution is 0.0578. The molecule has 9 nitrogen and oxygen atoms in total. The van der Waals surface area contributed by atoms with E-state index in [0.29, 0.717) is 30.6 Å². The van der Waals surface area contributed by atoms with Gasteiger partial charge in [-0.25, -0.2) is 4.98 Å². The molecule has 0 aliphatic carbocycles. The number of nitrogens with one attached hydrogen (secondary N) is 3. The average Bonchev–Trinajstić information content (AvgIpc) is 3.15. The number of pyridine rings is 1. The maximum atomic E-state index is 9.95. The van der Waals surface area contributed by atoms with Crippen LogP contribution >= 0.6 is 11.6 Å². The highest BCUT2D eigenvalue weighted by Crippen LogP contribution is 2.24. The molecule has 33 heavy (non-hydrogen) atoms. The Hall–Kier alpha value is -3.43. The van der Waals surface area contributed by atoms with Crippen LogP contribution < -0.4 is 16.0 Å². The van der Waals surface area contributed by atoms with Crippen LogP contribution in [0.5, 0.6) is 0 Å². The summed E-state index contributed by atoms with van der Waals surface area (Å²) < 4.78 is 1.68. The molecule has 0 atom stereocenters. The first kappa shape index (κ1) is 22.8. The first-order valence-electron chi connectivity index (χ1n) is 10.6. The van der Waals surface area contributed by atoms with Gasteiger partial charge >= 0.3 is 0 Å². The number of hydrogen-bond donors (Lipinski definition) is 4. The van der Waals surface area contributed by atoms with Crippen LogP contribution in [0.25, 0.3) is 10.9 Å². The Labute approximate surface area is 197 Å². The van der Waals surface area contributed by atoms with Crippen molar-refractivity contribution in [1.82, 2.24) is 24.7 Å². The van der Waals surface area contributed by atoms with Crippen LogP contribution in [0.4, 0.5) is 23.1 Å². The fourth-order valence-corrected chi connectivity index (χ4v) is 3.58. The molecule has 0 bridgehead atoms. The average molecular weight is 467 g/mol. The molecule has 172 valence electrons. The van der Waals surface area contributed by atoms with Gasteiger partial charge in [-0.1, -0.05) is 11.6 Å². The zero-order chi connectivity index (χ0) is 23.4. The molecule has 3 heterocycles. The normalized spacial score (nSPS) is 11.5. The van der Waals surface area contributed by atoms with Gasteiger partial charge in [0, 0.05) is 53.3 Å². The van der Waals surface area contributed by atoms with Crippen LogP contribution in [0.1, 0.15) is 19.5 Å².